The van der Waals surface area contributed by atoms with Crippen molar-refractivity contribution in [2.45, 2.75) is 57.2 Å². The summed E-state index contributed by atoms with van der Waals surface area (Å²) in [5.74, 6) is 0.634. The summed E-state index contributed by atoms with van der Waals surface area (Å²) in [4.78, 5) is 15.0. The lowest BCUT2D eigenvalue weighted by atomic mass is 9.86. The zero-order valence-electron chi connectivity index (χ0n) is 13.8. The molecule has 1 aromatic carbocycles. The molecule has 3 rings (SSSR count). The van der Waals surface area contributed by atoms with Gasteiger partial charge in [0.15, 0.2) is 0 Å². The summed E-state index contributed by atoms with van der Waals surface area (Å²) in [6, 6.07) is 10.7. The fraction of sp³-hybridized carbons (Fsp3) is 0.632. The van der Waals surface area contributed by atoms with Gasteiger partial charge in [0.1, 0.15) is 0 Å². The highest BCUT2D eigenvalue weighted by atomic mass is 16.3. The van der Waals surface area contributed by atoms with Crippen LogP contribution < -0.4 is 5.32 Å². The molecule has 0 aromatic heterocycles. The van der Waals surface area contributed by atoms with Gasteiger partial charge in [-0.25, -0.2) is 0 Å². The first-order valence-corrected chi connectivity index (χ1v) is 8.95. The second-order valence-corrected chi connectivity index (χ2v) is 7.02. The Balaban J connectivity index is 1.52. The molecule has 0 radical (unpaired) electrons. The summed E-state index contributed by atoms with van der Waals surface area (Å²) < 4.78 is 0. The molecule has 1 heterocycles. The first-order chi connectivity index (χ1) is 11.3. The Bertz CT molecular complexity index is 497. The second-order valence-electron chi connectivity index (χ2n) is 7.02. The van der Waals surface area contributed by atoms with Crippen molar-refractivity contribution in [2.75, 3.05) is 13.2 Å². The Morgan fingerprint density at radius 1 is 1.13 bits per heavy atom. The van der Waals surface area contributed by atoms with Crippen LogP contribution in [0.2, 0.25) is 0 Å². The number of hydrogen-bond donors (Lipinski definition) is 2. The van der Waals surface area contributed by atoms with Gasteiger partial charge in [-0.3, -0.25) is 9.69 Å². The van der Waals surface area contributed by atoms with Crippen molar-refractivity contribution >= 4 is 5.91 Å². The molecule has 1 saturated carbocycles. The van der Waals surface area contributed by atoms with Gasteiger partial charge in [0.05, 0.1) is 6.04 Å². The minimum absolute atomic E-state index is 0.0192. The zero-order chi connectivity index (χ0) is 16.1. The van der Waals surface area contributed by atoms with Crippen molar-refractivity contribution in [2.24, 2.45) is 5.92 Å². The lowest BCUT2D eigenvalue weighted by Gasteiger charge is -2.30. The van der Waals surface area contributed by atoms with Crippen molar-refractivity contribution < 1.29 is 9.90 Å². The third kappa shape index (κ3) is 4.33. The molecule has 2 N–H and O–H groups in total. The maximum atomic E-state index is 12.7. The zero-order valence-corrected chi connectivity index (χ0v) is 13.8. The lowest BCUT2D eigenvalue weighted by Crippen LogP contribution is -2.47. The maximum absolute atomic E-state index is 12.7. The predicted molar refractivity (Wildman–Crippen MR) is 90.8 cm³/mol. The average Bonchev–Trinajstić information content (AvgIpc) is 3.05. The van der Waals surface area contributed by atoms with Crippen LogP contribution in [0.25, 0.3) is 0 Å². The molecule has 4 nitrogen and oxygen atoms in total. The molecule has 0 unspecified atom stereocenters. The monoisotopic (exact) mass is 316 g/mol. The molecule has 0 bridgehead atoms. The molecule has 2 fully saturated rings. The minimum Gasteiger partial charge on any atom is -0.396 e. The van der Waals surface area contributed by atoms with E-state index in [9.17, 15) is 9.90 Å². The lowest BCUT2D eigenvalue weighted by molar-refractivity contribution is -0.126. The highest BCUT2D eigenvalue weighted by Crippen LogP contribution is 2.25. The smallest absolute Gasteiger partial charge is 0.237 e. The summed E-state index contributed by atoms with van der Waals surface area (Å²) in [6.07, 6.45) is 6.12. The Labute approximate surface area is 138 Å². The topological polar surface area (TPSA) is 52.6 Å². The van der Waals surface area contributed by atoms with Gasteiger partial charge in [-0.1, -0.05) is 30.3 Å². The van der Waals surface area contributed by atoms with E-state index in [4.69, 9.17) is 0 Å². The first-order valence-electron chi connectivity index (χ1n) is 8.95. The van der Waals surface area contributed by atoms with Crippen molar-refractivity contribution in [1.29, 1.82) is 0 Å². The summed E-state index contributed by atoms with van der Waals surface area (Å²) in [6.45, 7) is 2.15. The largest absolute Gasteiger partial charge is 0.396 e. The summed E-state index contributed by atoms with van der Waals surface area (Å²) in [5.41, 5.74) is 1.27. The number of carbonyl (C=O) groups is 1. The highest BCUT2D eigenvalue weighted by Gasteiger charge is 2.32. The van der Waals surface area contributed by atoms with Crippen molar-refractivity contribution in [3.05, 3.63) is 35.9 Å². The van der Waals surface area contributed by atoms with E-state index in [0.29, 0.717) is 12.0 Å². The molecule has 1 aliphatic heterocycles. The number of amides is 1. The average molecular weight is 316 g/mol. The van der Waals surface area contributed by atoms with Crippen LogP contribution in [0.4, 0.5) is 0 Å². The van der Waals surface area contributed by atoms with E-state index in [1.165, 1.54) is 5.56 Å². The summed E-state index contributed by atoms with van der Waals surface area (Å²) in [7, 11) is 0. The number of aliphatic hydroxyl groups is 1. The van der Waals surface area contributed by atoms with E-state index in [1.54, 1.807) is 0 Å². The maximum Gasteiger partial charge on any atom is 0.237 e. The van der Waals surface area contributed by atoms with E-state index in [2.05, 4.69) is 34.5 Å². The van der Waals surface area contributed by atoms with Crippen molar-refractivity contribution in [3.63, 3.8) is 0 Å². The van der Waals surface area contributed by atoms with Crippen LogP contribution >= 0.6 is 0 Å². The third-order valence-corrected chi connectivity index (χ3v) is 5.35. The number of rotatable bonds is 5. The van der Waals surface area contributed by atoms with E-state index in [-0.39, 0.29) is 18.6 Å². The number of carbonyl (C=O) groups excluding carboxylic acids is 1. The van der Waals surface area contributed by atoms with Crippen LogP contribution in [-0.4, -0.2) is 41.1 Å². The Morgan fingerprint density at radius 3 is 2.57 bits per heavy atom. The van der Waals surface area contributed by atoms with Gasteiger partial charge >= 0.3 is 0 Å². The number of nitrogens with one attached hydrogen (secondary N) is 1. The summed E-state index contributed by atoms with van der Waals surface area (Å²) >= 11 is 0. The minimum atomic E-state index is 0.0192. The van der Waals surface area contributed by atoms with Crippen molar-refractivity contribution in [1.82, 2.24) is 10.2 Å². The standard InChI is InChI=1S/C19H28N2O2/c22-14-16-8-10-17(11-9-16)20-19(23)18-7-4-12-21(18)13-15-5-2-1-3-6-15/h1-3,5-6,16-18,22H,4,7-14H2,(H,20,23)/t16?,17?,18-/m1/s1. The van der Waals surface area contributed by atoms with Gasteiger partial charge in [-0.15, -0.1) is 0 Å². The molecule has 1 saturated heterocycles. The van der Waals surface area contributed by atoms with Gasteiger partial charge in [-0.05, 0) is 56.6 Å². The Hall–Kier alpha value is -1.39. The van der Waals surface area contributed by atoms with Crippen LogP contribution in [0, 0.1) is 5.92 Å². The van der Waals surface area contributed by atoms with E-state index in [1.807, 2.05) is 6.07 Å². The molecule has 0 spiro atoms. The number of hydrogen-bond acceptors (Lipinski definition) is 3. The molecule has 126 valence electrons. The highest BCUT2D eigenvalue weighted by molar-refractivity contribution is 5.82. The molecule has 23 heavy (non-hydrogen) atoms. The van der Waals surface area contributed by atoms with E-state index >= 15 is 0 Å². The third-order valence-electron chi connectivity index (χ3n) is 5.35. The molecule has 1 aromatic rings. The Kier molecular flexibility index (Phi) is 5.68. The normalized spacial score (nSPS) is 28.7. The Morgan fingerprint density at radius 2 is 1.87 bits per heavy atom. The number of likely N-dealkylation sites (tertiary alicyclic amines) is 1. The van der Waals surface area contributed by atoms with Crippen LogP contribution in [-0.2, 0) is 11.3 Å². The van der Waals surface area contributed by atoms with Gasteiger partial charge in [0.25, 0.3) is 0 Å². The molecular formula is C19H28N2O2. The van der Waals surface area contributed by atoms with Gasteiger partial charge in [-0.2, -0.15) is 0 Å². The second kappa shape index (κ2) is 7.93. The van der Waals surface area contributed by atoms with Crippen LogP contribution in [0.5, 0.6) is 0 Å². The molecular weight excluding hydrogens is 288 g/mol. The molecule has 1 atom stereocenters. The number of nitrogens with zero attached hydrogens (tertiary/aromatic N) is 1. The number of aliphatic hydroxyl groups excluding tert-OH is 1. The van der Waals surface area contributed by atoms with Gasteiger partial charge in [0, 0.05) is 19.2 Å². The van der Waals surface area contributed by atoms with Crippen molar-refractivity contribution in [3.8, 4) is 0 Å². The van der Waals surface area contributed by atoms with Gasteiger partial charge < -0.3 is 10.4 Å². The van der Waals surface area contributed by atoms with E-state index in [0.717, 1.165) is 51.6 Å². The fourth-order valence-corrected chi connectivity index (χ4v) is 3.92. The fourth-order valence-electron chi connectivity index (χ4n) is 3.92. The van der Waals surface area contributed by atoms with E-state index < -0.39 is 0 Å². The van der Waals surface area contributed by atoms with Crippen LogP contribution in [0.15, 0.2) is 30.3 Å². The molecule has 1 aliphatic carbocycles. The molecule has 1 amide bonds. The summed E-state index contributed by atoms with van der Waals surface area (Å²) in [5, 5.41) is 12.5. The van der Waals surface area contributed by atoms with Gasteiger partial charge in [0.2, 0.25) is 5.91 Å². The number of benzene rings is 1. The predicted octanol–water partition coefficient (Wildman–Crippen LogP) is 2.32. The van der Waals surface area contributed by atoms with Crippen LogP contribution in [0.3, 0.4) is 0 Å². The van der Waals surface area contributed by atoms with Crippen LogP contribution in [0.1, 0.15) is 44.1 Å². The quantitative estimate of drug-likeness (QED) is 0.876. The molecule has 4 heteroatoms. The molecule has 2 aliphatic rings. The SMILES string of the molecule is O=C(NC1CCC(CO)CC1)[C@H]1CCCN1Cc1ccccc1. The first kappa shape index (κ1) is 16.5.